The lowest BCUT2D eigenvalue weighted by atomic mass is 10.1. The summed E-state index contributed by atoms with van der Waals surface area (Å²) in [6.45, 7) is 6.74. The zero-order chi connectivity index (χ0) is 23.8. The largest absolute Gasteiger partial charge is 0.493 e. The number of amides is 1. The summed E-state index contributed by atoms with van der Waals surface area (Å²) in [5.41, 5.74) is 1.34. The fraction of sp³-hybridized carbons (Fsp3) is 0.370. The number of carbonyl (C=O) groups excluding carboxylic acids is 1. The van der Waals surface area contributed by atoms with Gasteiger partial charge in [0.15, 0.2) is 11.5 Å². The summed E-state index contributed by atoms with van der Waals surface area (Å²) in [5, 5.41) is 5.69. The Balaban J connectivity index is 1.94. The van der Waals surface area contributed by atoms with Crippen molar-refractivity contribution in [2.75, 3.05) is 45.9 Å². The Hall–Kier alpha value is -3.25. The van der Waals surface area contributed by atoms with Crippen LogP contribution in [0, 0.1) is 5.92 Å². The van der Waals surface area contributed by atoms with Gasteiger partial charge in [0.1, 0.15) is 0 Å². The molecule has 0 unspecified atom stereocenters. The third-order valence-corrected chi connectivity index (χ3v) is 5.49. The van der Waals surface area contributed by atoms with E-state index >= 15 is 0 Å². The van der Waals surface area contributed by atoms with E-state index in [1.54, 1.807) is 33.5 Å². The van der Waals surface area contributed by atoms with Crippen LogP contribution in [0.3, 0.4) is 0 Å². The van der Waals surface area contributed by atoms with Crippen molar-refractivity contribution in [1.29, 1.82) is 0 Å². The van der Waals surface area contributed by atoms with Crippen molar-refractivity contribution in [3.05, 3.63) is 60.2 Å². The first-order valence-corrected chi connectivity index (χ1v) is 11.3. The van der Waals surface area contributed by atoms with E-state index in [-0.39, 0.29) is 5.91 Å². The van der Waals surface area contributed by atoms with Crippen LogP contribution >= 0.6 is 0 Å². The Bertz CT molecular complexity index is 1060. The van der Waals surface area contributed by atoms with Crippen LogP contribution < -0.4 is 24.4 Å². The lowest BCUT2D eigenvalue weighted by Crippen LogP contribution is -2.34. The van der Waals surface area contributed by atoms with Gasteiger partial charge in [0, 0.05) is 17.8 Å². The average molecular weight is 451 g/mol. The number of hydrogen-bond acceptors (Lipinski definition) is 5. The van der Waals surface area contributed by atoms with Crippen LogP contribution in [0.25, 0.3) is 10.8 Å². The van der Waals surface area contributed by atoms with Crippen molar-refractivity contribution >= 4 is 22.4 Å². The van der Waals surface area contributed by atoms with Crippen molar-refractivity contribution in [1.82, 2.24) is 5.32 Å². The third-order valence-electron chi connectivity index (χ3n) is 5.49. The maximum absolute atomic E-state index is 13.7. The second-order valence-electron chi connectivity index (χ2n) is 8.35. The molecule has 0 spiro atoms. The quantitative estimate of drug-likeness (QED) is 0.410. The molecule has 3 aromatic rings. The van der Waals surface area contributed by atoms with Crippen LogP contribution in [-0.4, -0.2) is 46.9 Å². The van der Waals surface area contributed by atoms with Gasteiger partial charge in [-0.1, -0.05) is 44.2 Å². The molecule has 3 rings (SSSR count). The highest BCUT2D eigenvalue weighted by molar-refractivity contribution is 6.07. The summed E-state index contributed by atoms with van der Waals surface area (Å²) < 4.78 is 16.3. The number of methoxy groups -OCH3 is 3. The van der Waals surface area contributed by atoms with E-state index < -0.39 is 0 Å². The number of fused-ring (bicyclic) bond motifs is 1. The van der Waals surface area contributed by atoms with Crippen molar-refractivity contribution in [2.45, 2.75) is 20.3 Å². The Morgan fingerprint density at radius 3 is 2.18 bits per heavy atom. The van der Waals surface area contributed by atoms with E-state index in [9.17, 15) is 4.79 Å². The summed E-state index contributed by atoms with van der Waals surface area (Å²) in [7, 11) is 4.65. The van der Waals surface area contributed by atoms with Crippen molar-refractivity contribution in [3.63, 3.8) is 0 Å². The zero-order valence-electron chi connectivity index (χ0n) is 20.2. The predicted octanol–water partition coefficient (Wildman–Crippen LogP) is 5.15. The van der Waals surface area contributed by atoms with E-state index in [1.165, 1.54) is 0 Å². The number of hydrogen-bond donors (Lipinski definition) is 1. The number of anilines is 1. The fourth-order valence-electron chi connectivity index (χ4n) is 3.81. The van der Waals surface area contributed by atoms with Crippen LogP contribution in [0.1, 0.15) is 30.6 Å². The molecule has 6 heteroatoms. The van der Waals surface area contributed by atoms with Crippen molar-refractivity contribution in [3.8, 4) is 17.2 Å². The van der Waals surface area contributed by atoms with Gasteiger partial charge in [-0.05, 0) is 60.5 Å². The molecular weight excluding hydrogens is 416 g/mol. The van der Waals surface area contributed by atoms with E-state index in [4.69, 9.17) is 14.2 Å². The molecule has 1 N–H and O–H groups in total. The standard InChI is InChI=1S/C27H34N2O4/c1-19(2)18-28-13-8-14-29(23-12-11-20-9-6-7-10-21(20)15-23)27(30)22-16-24(31-3)26(33-5)25(17-22)32-4/h6-7,9-12,15-17,19,28H,8,13-14,18H2,1-5H3. The number of nitrogens with zero attached hydrogens (tertiary/aromatic N) is 1. The minimum absolute atomic E-state index is 0.117. The van der Waals surface area contributed by atoms with E-state index in [0.29, 0.717) is 35.3 Å². The number of ether oxygens (including phenoxy) is 3. The molecule has 0 aromatic heterocycles. The second kappa shape index (κ2) is 11.6. The fourth-order valence-corrected chi connectivity index (χ4v) is 3.81. The van der Waals surface area contributed by atoms with Gasteiger partial charge in [-0.15, -0.1) is 0 Å². The van der Waals surface area contributed by atoms with Gasteiger partial charge in [0.05, 0.1) is 21.3 Å². The van der Waals surface area contributed by atoms with E-state index in [0.717, 1.165) is 36.0 Å². The van der Waals surface area contributed by atoms with Gasteiger partial charge in [-0.25, -0.2) is 0 Å². The summed E-state index contributed by atoms with van der Waals surface area (Å²) >= 11 is 0. The summed E-state index contributed by atoms with van der Waals surface area (Å²) in [6.07, 6.45) is 0.829. The lowest BCUT2D eigenvalue weighted by molar-refractivity contribution is 0.0986. The second-order valence-corrected chi connectivity index (χ2v) is 8.35. The minimum Gasteiger partial charge on any atom is -0.493 e. The van der Waals surface area contributed by atoms with Crippen molar-refractivity contribution in [2.24, 2.45) is 5.92 Å². The molecule has 0 atom stereocenters. The molecule has 0 radical (unpaired) electrons. The number of nitrogens with one attached hydrogen (secondary N) is 1. The molecule has 0 aliphatic rings. The highest BCUT2D eigenvalue weighted by Crippen LogP contribution is 2.39. The van der Waals surface area contributed by atoms with Gasteiger partial charge in [0.25, 0.3) is 5.91 Å². The Kier molecular flexibility index (Phi) is 8.55. The topological polar surface area (TPSA) is 60.0 Å². The molecular formula is C27H34N2O4. The molecule has 3 aromatic carbocycles. The smallest absolute Gasteiger partial charge is 0.258 e. The first kappa shape index (κ1) is 24.4. The van der Waals surface area contributed by atoms with Crippen molar-refractivity contribution < 1.29 is 19.0 Å². The Labute approximate surface area is 196 Å². The van der Waals surface area contributed by atoms with Crippen LogP contribution in [0.5, 0.6) is 17.2 Å². The van der Waals surface area contributed by atoms with Gasteiger partial charge >= 0.3 is 0 Å². The molecule has 0 heterocycles. The maximum Gasteiger partial charge on any atom is 0.258 e. The number of carbonyl (C=O) groups is 1. The first-order chi connectivity index (χ1) is 16.0. The minimum atomic E-state index is -0.117. The molecule has 0 fully saturated rings. The molecule has 0 saturated heterocycles. The Morgan fingerprint density at radius 2 is 1.58 bits per heavy atom. The molecule has 0 saturated carbocycles. The highest BCUT2D eigenvalue weighted by atomic mass is 16.5. The van der Waals surface area contributed by atoms with E-state index in [1.807, 2.05) is 23.1 Å². The molecule has 1 amide bonds. The monoisotopic (exact) mass is 450 g/mol. The number of benzene rings is 3. The van der Waals surface area contributed by atoms with Gasteiger partial charge in [-0.3, -0.25) is 4.79 Å². The maximum atomic E-state index is 13.7. The molecule has 33 heavy (non-hydrogen) atoms. The van der Waals surface area contributed by atoms with Gasteiger partial charge < -0.3 is 24.4 Å². The van der Waals surface area contributed by atoms with E-state index in [2.05, 4.69) is 43.4 Å². The Morgan fingerprint density at radius 1 is 0.909 bits per heavy atom. The average Bonchev–Trinajstić information content (AvgIpc) is 2.84. The molecule has 0 bridgehead atoms. The van der Waals surface area contributed by atoms with Crippen LogP contribution in [0.15, 0.2) is 54.6 Å². The summed E-state index contributed by atoms with van der Waals surface area (Å²) in [5.74, 6) is 1.84. The van der Waals surface area contributed by atoms with Gasteiger partial charge in [-0.2, -0.15) is 0 Å². The normalized spacial score (nSPS) is 11.0. The number of rotatable bonds is 11. The van der Waals surface area contributed by atoms with Crippen LogP contribution in [-0.2, 0) is 0 Å². The summed E-state index contributed by atoms with van der Waals surface area (Å²) in [6, 6.07) is 17.7. The molecule has 176 valence electrons. The molecule has 0 aliphatic carbocycles. The lowest BCUT2D eigenvalue weighted by Gasteiger charge is -2.24. The summed E-state index contributed by atoms with van der Waals surface area (Å²) in [4.78, 5) is 15.6. The third kappa shape index (κ3) is 5.96. The van der Waals surface area contributed by atoms with Gasteiger partial charge in [0.2, 0.25) is 5.75 Å². The predicted molar refractivity (Wildman–Crippen MR) is 134 cm³/mol. The van der Waals surface area contributed by atoms with Crippen LogP contribution in [0.4, 0.5) is 5.69 Å². The molecule has 0 aliphatic heterocycles. The SMILES string of the molecule is COc1cc(C(=O)N(CCCNCC(C)C)c2ccc3ccccc3c2)cc(OC)c1OC. The molecule has 6 nitrogen and oxygen atoms in total. The first-order valence-electron chi connectivity index (χ1n) is 11.3. The van der Waals surface area contributed by atoms with Crippen LogP contribution in [0.2, 0.25) is 0 Å². The highest BCUT2D eigenvalue weighted by Gasteiger charge is 2.22. The zero-order valence-corrected chi connectivity index (χ0v) is 20.2.